The molecule has 1 amide bonds. The van der Waals surface area contributed by atoms with E-state index in [2.05, 4.69) is 10.1 Å². The number of methoxy groups -OCH3 is 1. The van der Waals surface area contributed by atoms with E-state index in [4.69, 9.17) is 4.74 Å². The molecule has 7 nitrogen and oxygen atoms in total. The van der Waals surface area contributed by atoms with Gasteiger partial charge in [-0.2, -0.15) is 10.1 Å². The first kappa shape index (κ1) is 19.5. The van der Waals surface area contributed by atoms with E-state index in [0.29, 0.717) is 11.5 Å². The average Bonchev–Trinajstić information content (AvgIpc) is 3.28. The lowest BCUT2D eigenvalue weighted by molar-refractivity contribution is -0.136. The Kier molecular flexibility index (Phi) is 5.70. The van der Waals surface area contributed by atoms with Crippen molar-refractivity contribution < 1.29 is 14.3 Å². The summed E-state index contributed by atoms with van der Waals surface area (Å²) in [5, 5.41) is 6.55. The molecule has 0 atom stereocenters. The SMILES string of the molecule is COC(=O)C(C=Cc1ccc(N(C)C)s1)=C1C(=O)N(c2ccccn2)N=C1C. The highest BCUT2D eigenvalue weighted by Crippen LogP contribution is 2.28. The molecule has 0 unspecified atom stereocenters. The third-order valence-corrected chi connectivity index (χ3v) is 5.24. The Bertz CT molecular complexity index is 990. The van der Waals surface area contributed by atoms with Crippen molar-refractivity contribution in [3.63, 3.8) is 0 Å². The minimum absolute atomic E-state index is 0.159. The number of aromatic nitrogens is 1. The fourth-order valence-electron chi connectivity index (χ4n) is 2.65. The summed E-state index contributed by atoms with van der Waals surface area (Å²) < 4.78 is 4.90. The fourth-order valence-corrected chi connectivity index (χ4v) is 3.48. The van der Waals surface area contributed by atoms with Crippen molar-refractivity contribution in [1.29, 1.82) is 0 Å². The molecular formula is C20H20N4O3S. The molecule has 0 bridgehead atoms. The molecule has 0 aromatic carbocycles. The second kappa shape index (κ2) is 8.18. The summed E-state index contributed by atoms with van der Waals surface area (Å²) in [6, 6.07) is 9.14. The van der Waals surface area contributed by atoms with Crippen LogP contribution in [0.2, 0.25) is 0 Å². The summed E-state index contributed by atoms with van der Waals surface area (Å²) in [4.78, 5) is 32.5. The molecule has 0 saturated carbocycles. The summed E-state index contributed by atoms with van der Waals surface area (Å²) in [6.45, 7) is 1.68. The van der Waals surface area contributed by atoms with E-state index >= 15 is 0 Å². The second-order valence-electron chi connectivity index (χ2n) is 6.17. The van der Waals surface area contributed by atoms with Gasteiger partial charge in [-0.05, 0) is 43.3 Å². The molecule has 0 aliphatic carbocycles. The van der Waals surface area contributed by atoms with Crippen LogP contribution in [0.4, 0.5) is 10.8 Å². The van der Waals surface area contributed by atoms with E-state index in [9.17, 15) is 9.59 Å². The van der Waals surface area contributed by atoms with Crippen LogP contribution in [-0.2, 0) is 14.3 Å². The van der Waals surface area contributed by atoms with Crippen LogP contribution in [0.1, 0.15) is 11.8 Å². The Morgan fingerprint density at radius 1 is 1.25 bits per heavy atom. The quantitative estimate of drug-likeness (QED) is 0.573. The number of carbonyl (C=O) groups excluding carboxylic acids is 2. The molecule has 1 aliphatic rings. The van der Waals surface area contributed by atoms with Crippen molar-refractivity contribution in [1.82, 2.24) is 4.98 Å². The molecule has 0 N–H and O–H groups in total. The van der Waals surface area contributed by atoms with Crippen LogP contribution in [0.5, 0.6) is 0 Å². The van der Waals surface area contributed by atoms with Crippen molar-refractivity contribution in [2.75, 3.05) is 31.1 Å². The van der Waals surface area contributed by atoms with Gasteiger partial charge in [-0.15, -0.1) is 11.3 Å². The number of anilines is 2. The van der Waals surface area contributed by atoms with Crippen LogP contribution in [0, 0.1) is 0 Å². The van der Waals surface area contributed by atoms with Gasteiger partial charge >= 0.3 is 5.97 Å². The second-order valence-corrected chi connectivity index (χ2v) is 7.27. The topological polar surface area (TPSA) is 75.1 Å². The Morgan fingerprint density at radius 3 is 2.64 bits per heavy atom. The van der Waals surface area contributed by atoms with E-state index in [0.717, 1.165) is 9.88 Å². The number of ether oxygens (including phenoxy) is 1. The summed E-state index contributed by atoms with van der Waals surface area (Å²) in [5.74, 6) is -0.619. The van der Waals surface area contributed by atoms with Crippen LogP contribution in [0.15, 0.2) is 58.9 Å². The zero-order valence-corrected chi connectivity index (χ0v) is 16.9. The number of pyridine rings is 1. The summed E-state index contributed by atoms with van der Waals surface area (Å²) in [7, 11) is 5.21. The Labute approximate surface area is 167 Å². The minimum Gasteiger partial charge on any atom is -0.465 e. The predicted molar refractivity (Wildman–Crippen MR) is 112 cm³/mol. The van der Waals surface area contributed by atoms with Gasteiger partial charge in [0, 0.05) is 25.2 Å². The van der Waals surface area contributed by atoms with E-state index in [1.54, 1.807) is 54.8 Å². The Balaban J connectivity index is 1.99. The molecule has 144 valence electrons. The normalized spacial score (nSPS) is 15.8. The number of hydrazone groups is 1. The molecule has 2 aromatic rings. The number of nitrogens with zero attached hydrogens (tertiary/aromatic N) is 4. The molecule has 3 heterocycles. The molecule has 8 heteroatoms. The zero-order valence-electron chi connectivity index (χ0n) is 16.0. The van der Waals surface area contributed by atoms with Gasteiger partial charge in [-0.25, -0.2) is 9.78 Å². The van der Waals surface area contributed by atoms with E-state index in [1.165, 1.54) is 12.1 Å². The molecule has 3 rings (SSSR count). The van der Waals surface area contributed by atoms with Gasteiger partial charge in [-0.1, -0.05) is 6.07 Å². The van der Waals surface area contributed by atoms with Crippen LogP contribution in [-0.4, -0.2) is 43.8 Å². The molecule has 1 aliphatic heterocycles. The van der Waals surface area contributed by atoms with Crippen LogP contribution in [0.25, 0.3) is 6.08 Å². The van der Waals surface area contributed by atoms with Gasteiger partial charge < -0.3 is 9.64 Å². The van der Waals surface area contributed by atoms with E-state index in [-0.39, 0.29) is 11.1 Å². The monoisotopic (exact) mass is 396 g/mol. The van der Waals surface area contributed by atoms with Gasteiger partial charge in [0.25, 0.3) is 5.91 Å². The van der Waals surface area contributed by atoms with Gasteiger partial charge in [0.15, 0.2) is 5.82 Å². The van der Waals surface area contributed by atoms with Crippen molar-refractivity contribution in [2.24, 2.45) is 5.10 Å². The largest absolute Gasteiger partial charge is 0.465 e. The van der Waals surface area contributed by atoms with Crippen LogP contribution < -0.4 is 9.91 Å². The number of hydrogen-bond donors (Lipinski definition) is 0. The van der Waals surface area contributed by atoms with Crippen molar-refractivity contribution >= 4 is 45.8 Å². The zero-order chi connectivity index (χ0) is 20.3. The Morgan fingerprint density at radius 2 is 2.04 bits per heavy atom. The summed E-state index contributed by atoms with van der Waals surface area (Å²) in [6.07, 6.45) is 4.97. The Hall–Kier alpha value is -3.26. The number of amides is 1. The number of thiophene rings is 1. The highest BCUT2D eigenvalue weighted by molar-refractivity contribution is 7.16. The average molecular weight is 396 g/mol. The van der Waals surface area contributed by atoms with E-state index < -0.39 is 11.9 Å². The first-order valence-electron chi connectivity index (χ1n) is 8.51. The van der Waals surface area contributed by atoms with Gasteiger partial charge in [0.1, 0.15) is 0 Å². The molecular weight excluding hydrogens is 376 g/mol. The lowest BCUT2D eigenvalue weighted by Crippen LogP contribution is -2.24. The lowest BCUT2D eigenvalue weighted by Gasteiger charge is -2.10. The number of hydrogen-bond acceptors (Lipinski definition) is 7. The number of esters is 1. The maximum absolute atomic E-state index is 13.0. The lowest BCUT2D eigenvalue weighted by atomic mass is 10.0. The van der Waals surface area contributed by atoms with Crippen LogP contribution >= 0.6 is 11.3 Å². The standard InChI is InChI=1S/C20H20N4O3S/c1-13-18(19(25)24(22-13)16-7-5-6-12-21-16)15(20(26)27-4)10-8-14-9-11-17(28-14)23(2)3/h5-12H,1-4H3. The first-order valence-corrected chi connectivity index (χ1v) is 9.33. The smallest absolute Gasteiger partial charge is 0.338 e. The highest BCUT2D eigenvalue weighted by atomic mass is 32.1. The maximum Gasteiger partial charge on any atom is 0.338 e. The van der Waals surface area contributed by atoms with Crippen LogP contribution in [0.3, 0.4) is 0 Å². The molecule has 28 heavy (non-hydrogen) atoms. The summed E-state index contributed by atoms with van der Waals surface area (Å²) in [5.41, 5.74) is 0.797. The predicted octanol–water partition coefficient (Wildman–Crippen LogP) is 3.11. The maximum atomic E-state index is 13.0. The number of carbonyl (C=O) groups is 2. The number of rotatable bonds is 5. The molecule has 2 aromatic heterocycles. The van der Waals surface area contributed by atoms with Gasteiger partial charge in [-0.3, -0.25) is 4.79 Å². The molecule has 0 spiro atoms. The molecule has 0 fully saturated rings. The van der Waals surface area contributed by atoms with Gasteiger partial charge in [0.2, 0.25) is 0 Å². The third kappa shape index (κ3) is 3.86. The first-order chi connectivity index (χ1) is 13.4. The van der Waals surface area contributed by atoms with Crippen molar-refractivity contribution in [3.8, 4) is 0 Å². The minimum atomic E-state index is -0.596. The highest BCUT2D eigenvalue weighted by Gasteiger charge is 2.33. The van der Waals surface area contributed by atoms with Crippen molar-refractivity contribution in [3.05, 3.63) is 58.6 Å². The van der Waals surface area contributed by atoms with Gasteiger partial charge in [0.05, 0.1) is 29.0 Å². The fraction of sp³-hybridized carbons (Fsp3) is 0.200. The third-order valence-electron chi connectivity index (χ3n) is 4.03. The summed E-state index contributed by atoms with van der Waals surface area (Å²) >= 11 is 1.57. The van der Waals surface area contributed by atoms with E-state index in [1.807, 2.05) is 31.1 Å². The molecule has 0 saturated heterocycles. The molecule has 0 radical (unpaired) electrons. The van der Waals surface area contributed by atoms with Crippen molar-refractivity contribution in [2.45, 2.75) is 6.92 Å².